The van der Waals surface area contributed by atoms with E-state index in [2.05, 4.69) is 16.0 Å². The van der Waals surface area contributed by atoms with Gasteiger partial charge in [-0.1, -0.05) is 48.0 Å². The smallest absolute Gasteiger partial charge is 0.408 e. The molecule has 0 radical (unpaired) electrons. The first kappa shape index (κ1) is 22.9. The SMILES string of the molecule is Cc1cccc(CC(=O)Nc2ccccc2CNC(=O)CNC(=O)OC(C)(C)C)c1. The van der Waals surface area contributed by atoms with E-state index in [1.807, 2.05) is 49.4 Å². The fraction of sp³-hybridized carbons (Fsp3) is 0.348. The Balaban J connectivity index is 1.86. The lowest BCUT2D eigenvalue weighted by molar-refractivity contribution is -0.120. The topological polar surface area (TPSA) is 96.5 Å². The van der Waals surface area contributed by atoms with Crippen molar-refractivity contribution in [2.75, 3.05) is 11.9 Å². The van der Waals surface area contributed by atoms with Crippen molar-refractivity contribution in [3.63, 3.8) is 0 Å². The summed E-state index contributed by atoms with van der Waals surface area (Å²) in [5, 5.41) is 8.04. The van der Waals surface area contributed by atoms with E-state index in [0.717, 1.165) is 16.7 Å². The second-order valence-electron chi connectivity index (χ2n) is 8.00. The van der Waals surface area contributed by atoms with Crippen LogP contribution in [0.1, 0.15) is 37.5 Å². The summed E-state index contributed by atoms with van der Waals surface area (Å²) < 4.78 is 5.09. The summed E-state index contributed by atoms with van der Waals surface area (Å²) in [6.45, 7) is 7.24. The van der Waals surface area contributed by atoms with Crippen molar-refractivity contribution in [1.82, 2.24) is 10.6 Å². The van der Waals surface area contributed by atoms with Crippen LogP contribution in [0.3, 0.4) is 0 Å². The first-order valence-electron chi connectivity index (χ1n) is 9.79. The minimum atomic E-state index is -0.651. The lowest BCUT2D eigenvalue weighted by atomic mass is 10.1. The molecule has 0 aliphatic heterocycles. The van der Waals surface area contributed by atoms with Crippen molar-refractivity contribution in [2.24, 2.45) is 0 Å². The maximum Gasteiger partial charge on any atom is 0.408 e. The summed E-state index contributed by atoms with van der Waals surface area (Å²) in [6.07, 6.45) is -0.385. The van der Waals surface area contributed by atoms with Crippen LogP contribution in [0, 0.1) is 6.92 Å². The number of para-hydroxylation sites is 1. The number of amides is 3. The first-order chi connectivity index (χ1) is 14.1. The van der Waals surface area contributed by atoms with E-state index < -0.39 is 11.7 Å². The number of carbonyl (C=O) groups excluding carboxylic acids is 3. The highest BCUT2D eigenvalue weighted by Gasteiger charge is 2.16. The van der Waals surface area contributed by atoms with E-state index in [0.29, 0.717) is 5.69 Å². The van der Waals surface area contributed by atoms with Crippen LogP contribution in [0.25, 0.3) is 0 Å². The minimum absolute atomic E-state index is 0.133. The molecule has 0 atom stereocenters. The van der Waals surface area contributed by atoms with Gasteiger partial charge in [-0.25, -0.2) is 4.79 Å². The van der Waals surface area contributed by atoms with Crippen LogP contribution in [-0.2, 0) is 27.3 Å². The number of hydrogen-bond donors (Lipinski definition) is 3. The van der Waals surface area contributed by atoms with E-state index in [1.165, 1.54) is 0 Å². The average molecular weight is 412 g/mol. The minimum Gasteiger partial charge on any atom is -0.444 e. The van der Waals surface area contributed by atoms with Gasteiger partial charge in [0.05, 0.1) is 6.42 Å². The Kier molecular flexibility index (Phi) is 7.98. The molecule has 7 nitrogen and oxygen atoms in total. The molecule has 2 aromatic carbocycles. The summed E-state index contributed by atoms with van der Waals surface area (Å²) in [5.74, 6) is -0.493. The Hall–Kier alpha value is -3.35. The normalized spacial score (nSPS) is 10.8. The average Bonchev–Trinajstić information content (AvgIpc) is 2.64. The van der Waals surface area contributed by atoms with Crippen molar-refractivity contribution < 1.29 is 19.1 Å². The van der Waals surface area contributed by atoms with Crippen molar-refractivity contribution in [1.29, 1.82) is 0 Å². The molecular weight excluding hydrogens is 382 g/mol. The van der Waals surface area contributed by atoms with E-state index in [-0.39, 0.29) is 31.3 Å². The molecule has 0 aliphatic rings. The van der Waals surface area contributed by atoms with Crippen LogP contribution in [-0.4, -0.2) is 30.1 Å². The Labute approximate surface area is 177 Å². The number of ether oxygens (including phenoxy) is 1. The maximum absolute atomic E-state index is 12.4. The Bertz CT molecular complexity index is 903. The third-order valence-electron chi connectivity index (χ3n) is 4.01. The van der Waals surface area contributed by atoms with Crippen LogP contribution in [0.15, 0.2) is 48.5 Å². The van der Waals surface area contributed by atoms with Gasteiger partial charge in [-0.15, -0.1) is 0 Å². The van der Waals surface area contributed by atoms with Crippen LogP contribution in [0.4, 0.5) is 10.5 Å². The van der Waals surface area contributed by atoms with E-state index >= 15 is 0 Å². The third kappa shape index (κ3) is 8.34. The van der Waals surface area contributed by atoms with Gasteiger partial charge in [-0.2, -0.15) is 0 Å². The van der Waals surface area contributed by atoms with Gasteiger partial charge >= 0.3 is 6.09 Å². The third-order valence-corrected chi connectivity index (χ3v) is 4.01. The van der Waals surface area contributed by atoms with Crippen LogP contribution >= 0.6 is 0 Å². The maximum atomic E-state index is 12.4. The predicted octanol–water partition coefficient (Wildman–Crippen LogP) is 3.32. The van der Waals surface area contributed by atoms with Gasteiger partial charge < -0.3 is 20.7 Å². The number of carbonyl (C=O) groups is 3. The number of hydrogen-bond acceptors (Lipinski definition) is 4. The molecule has 0 bridgehead atoms. The van der Waals surface area contributed by atoms with Crippen LogP contribution in [0.2, 0.25) is 0 Å². The van der Waals surface area contributed by atoms with Gasteiger partial charge in [0.1, 0.15) is 12.1 Å². The van der Waals surface area contributed by atoms with Crippen molar-refractivity contribution >= 4 is 23.6 Å². The molecule has 2 rings (SSSR count). The zero-order chi connectivity index (χ0) is 22.1. The summed E-state index contributed by atoms with van der Waals surface area (Å²) in [4.78, 5) is 36.1. The number of aryl methyl sites for hydroxylation is 1. The summed E-state index contributed by atoms with van der Waals surface area (Å²) >= 11 is 0. The molecule has 0 unspecified atom stereocenters. The molecule has 0 fully saturated rings. The molecule has 0 saturated heterocycles. The van der Waals surface area contributed by atoms with Crippen LogP contribution < -0.4 is 16.0 Å². The Morgan fingerprint density at radius 3 is 2.37 bits per heavy atom. The highest BCUT2D eigenvalue weighted by Crippen LogP contribution is 2.16. The fourth-order valence-corrected chi connectivity index (χ4v) is 2.72. The fourth-order valence-electron chi connectivity index (χ4n) is 2.72. The molecule has 160 valence electrons. The molecule has 0 spiro atoms. The van der Waals surface area contributed by atoms with E-state index in [9.17, 15) is 14.4 Å². The number of anilines is 1. The van der Waals surface area contributed by atoms with Crippen molar-refractivity contribution in [3.05, 3.63) is 65.2 Å². The number of nitrogens with one attached hydrogen (secondary N) is 3. The van der Waals surface area contributed by atoms with Gasteiger partial charge in [-0.3, -0.25) is 9.59 Å². The highest BCUT2D eigenvalue weighted by atomic mass is 16.6. The molecular formula is C23H29N3O4. The number of alkyl carbamates (subject to hydrolysis) is 1. The quantitative estimate of drug-likeness (QED) is 0.651. The highest BCUT2D eigenvalue weighted by molar-refractivity contribution is 5.93. The molecule has 3 amide bonds. The molecule has 7 heteroatoms. The largest absolute Gasteiger partial charge is 0.444 e. The van der Waals surface area contributed by atoms with Crippen molar-refractivity contribution in [3.8, 4) is 0 Å². The molecule has 3 N–H and O–H groups in total. The summed E-state index contributed by atoms with van der Waals surface area (Å²) in [5.41, 5.74) is 2.81. The molecule has 2 aromatic rings. The number of benzene rings is 2. The van der Waals surface area contributed by atoms with Gasteiger partial charge in [0.2, 0.25) is 11.8 Å². The van der Waals surface area contributed by atoms with E-state index in [1.54, 1.807) is 26.8 Å². The van der Waals surface area contributed by atoms with Crippen molar-refractivity contribution in [2.45, 2.75) is 46.3 Å². The zero-order valence-electron chi connectivity index (χ0n) is 17.9. The van der Waals surface area contributed by atoms with Gasteiger partial charge in [0, 0.05) is 12.2 Å². The lowest BCUT2D eigenvalue weighted by Crippen LogP contribution is -2.39. The lowest BCUT2D eigenvalue weighted by Gasteiger charge is -2.19. The van der Waals surface area contributed by atoms with E-state index in [4.69, 9.17) is 4.74 Å². The zero-order valence-corrected chi connectivity index (χ0v) is 17.9. The first-order valence-corrected chi connectivity index (χ1v) is 9.79. The van der Waals surface area contributed by atoms with Gasteiger partial charge in [0.15, 0.2) is 0 Å². The molecule has 0 aliphatic carbocycles. The Morgan fingerprint density at radius 1 is 0.933 bits per heavy atom. The summed E-state index contributed by atoms with van der Waals surface area (Å²) in [7, 11) is 0. The monoisotopic (exact) mass is 411 g/mol. The standard InChI is InChI=1S/C23H29N3O4/c1-16-8-7-9-17(12-16)13-20(27)26-19-11-6-5-10-18(19)14-24-21(28)15-25-22(29)30-23(2,3)4/h5-12H,13-15H2,1-4H3,(H,24,28)(H,25,29)(H,26,27). The molecule has 0 aromatic heterocycles. The van der Waals surface area contributed by atoms with Gasteiger partial charge in [-0.05, 0) is 44.9 Å². The molecule has 0 heterocycles. The molecule has 0 saturated carbocycles. The van der Waals surface area contributed by atoms with Crippen LogP contribution in [0.5, 0.6) is 0 Å². The van der Waals surface area contributed by atoms with Gasteiger partial charge in [0.25, 0.3) is 0 Å². The second-order valence-corrected chi connectivity index (χ2v) is 8.00. The predicted molar refractivity (Wildman–Crippen MR) is 116 cm³/mol. The summed E-state index contributed by atoms with van der Waals surface area (Å²) in [6, 6.07) is 15.1. The second kappa shape index (κ2) is 10.4. The number of rotatable bonds is 7. The Morgan fingerprint density at radius 2 is 1.67 bits per heavy atom. The molecule has 30 heavy (non-hydrogen) atoms.